The lowest BCUT2D eigenvalue weighted by atomic mass is 9.89. The lowest BCUT2D eigenvalue weighted by molar-refractivity contribution is -0.138. The largest absolute Gasteiger partial charge is 0.379 e. The van der Waals surface area contributed by atoms with Gasteiger partial charge in [0.2, 0.25) is 5.91 Å². The number of hydroxylamine groups is 1. The van der Waals surface area contributed by atoms with E-state index < -0.39 is 5.92 Å². The molecule has 1 saturated heterocycles. The molecule has 2 amide bonds. The Morgan fingerprint density at radius 1 is 1.00 bits per heavy atom. The number of ether oxygens (including phenoxy) is 1. The van der Waals surface area contributed by atoms with Crippen molar-refractivity contribution in [2.45, 2.75) is 32.2 Å². The van der Waals surface area contributed by atoms with Gasteiger partial charge in [-0.2, -0.15) is 5.48 Å². The standard InChI is InChI=1S/C31H35N3O4/c1-21-17-26-27(31(36)32-38-29(26)18-22(21)2)19-30(35)33(3)28(20-34-13-15-37-16-14-34)25-11-9-24(10-12-25)23-7-5-4-6-8-23/h4-12,17-18,27-28H,13-16,19-20H2,1-3H3,(H,32,36)/t27?,28-/m0/s1. The fraction of sp³-hybridized carbons (Fsp3) is 0.355. The van der Waals surface area contributed by atoms with Crippen LogP contribution in [0.4, 0.5) is 0 Å². The average molecular weight is 514 g/mol. The first-order chi connectivity index (χ1) is 18.4. The summed E-state index contributed by atoms with van der Waals surface area (Å²) < 4.78 is 5.54. The van der Waals surface area contributed by atoms with Gasteiger partial charge in [-0.15, -0.1) is 0 Å². The number of benzene rings is 3. The van der Waals surface area contributed by atoms with Crippen LogP contribution >= 0.6 is 0 Å². The van der Waals surface area contributed by atoms with Gasteiger partial charge >= 0.3 is 0 Å². The second kappa shape index (κ2) is 11.4. The Morgan fingerprint density at radius 3 is 2.37 bits per heavy atom. The molecule has 3 aromatic carbocycles. The SMILES string of the molecule is Cc1cc2c(cc1C)C(CC(=O)N(C)[C@@H](CN1CCOCC1)c1ccc(-c3ccccc3)cc1)C(=O)NO2. The number of aryl methyl sites for hydroxylation is 2. The van der Waals surface area contributed by atoms with E-state index in [9.17, 15) is 9.59 Å². The van der Waals surface area contributed by atoms with Crippen molar-refractivity contribution in [1.82, 2.24) is 15.3 Å². The highest BCUT2D eigenvalue weighted by molar-refractivity contribution is 5.91. The minimum absolute atomic E-state index is 0.0723. The molecule has 0 aromatic heterocycles. The first kappa shape index (κ1) is 25.9. The summed E-state index contributed by atoms with van der Waals surface area (Å²) in [4.78, 5) is 36.1. The minimum Gasteiger partial charge on any atom is -0.379 e. The van der Waals surface area contributed by atoms with E-state index in [1.165, 1.54) is 0 Å². The van der Waals surface area contributed by atoms with Crippen molar-refractivity contribution < 1.29 is 19.2 Å². The quantitative estimate of drug-likeness (QED) is 0.507. The predicted octanol–water partition coefficient (Wildman–Crippen LogP) is 4.40. The van der Waals surface area contributed by atoms with E-state index in [0.717, 1.165) is 46.5 Å². The molecule has 198 valence electrons. The van der Waals surface area contributed by atoms with Crippen molar-refractivity contribution in [2.75, 3.05) is 39.9 Å². The number of carbonyl (C=O) groups is 2. The van der Waals surface area contributed by atoms with Crippen molar-refractivity contribution in [3.8, 4) is 16.9 Å². The zero-order valence-electron chi connectivity index (χ0n) is 22.3. The van der Waals surface area contributed by atoms with Crippen molar-refractivity contribution in [1.29, 1.82) is 0 Å². The first-order valence-electron chi connectivity index (χ1n) is 13.2. The number of fused-ring (bicyclic) bond motifs is 1. The Hall–Kier alpha value is -3.68. The minimum atomic E-state index is -0.600. The monoisotopic (exact) mass is 513 g/mol. The fourth-order valence-electron chi connectivity index (χ4n) is 5.19. The van der Waals surface area contributed by atoms with E-state index in [4.69, 9.17) is 9.57 Å². The summed E-state index contributed by atoms with van der Waals surface area (Å²) in [5, 5.41) is 0. The Bertz CT molecular complexity index is 1290. The van der Waals surface area contributed by atoms with Gasteiger partial charge in [0.05, 0.1) is 25.2 Å². The number of hydrogen-bond donors (Lipinski definition) is 1. The normalized spacial score (nSPS) is 18.2. The molecule has 5 rings (SSSR count). The van der Waals surface area contributed by atoms with Crippen molar-refractivity contribution in [3.63, 3.8) is 0 Å². The number of carbonyl (C=O) groups excluding carboxylic acids is 2. The zero-order chi connectivity index (χ0) is 26.6. The van der Waals surface area contributed by atoms with Crippen molar-refractivity contribution >= 4 is 11.8 Å². The molecule has 0 bridgehead atoms. The van der Waals surface area contributed by atoms with E-state index in [0.29, 0.717) is 25.5 Å². The van der Waals surface area contributed by atoms with Gasteiger partial charge in [-0.1, -0.05) is 60.7 Å². The molecule has 1 fully saturated rings. The lowest BCUT2D eigenvalue weighted by Gasteiger charge is -2.36. The maximum absolute atomic E-state index is 13.7. The molecule has 2 aliphatic rings. The van der Waals surface area contributed by atoms with Crippen molar-refractivity contribution in [3.05, 3.63) is 89.0 Å². The number of nitrogens with one attached hydrogen (secondary N) is 1. The van der Waals surface area contributed by atoms with E-state index in [2.05, 4.69) is 46.8 Å². The molecule has 1 unspecified atom stereocenters. The van der Waals surface area contributed by atoms with Crippen LogP contribution in [-0.2, 0) is 14.3 Å². The molecule has 0 aliphatic carbocycles. The topological polar surface area (TPSA) is 71.1 Å². The van der Waals surface area contributed by atoms with Crippen LogP contribution < -0.4 is 10.3 Å². The third-order valence-electron chi connectivity index (χ3n) is 7.76. The molecule has 0 radical (unpaired) electrons. The first-order valence-corrected chi connectivity index (χ1v) is 13.2. The molecule has 2 heterocycles. The van der Waals surface area contributed by atoms with Crippen LogP contribution in [0.1, 0.15) is 40.6 Å². The van der Waals surface area contributed by atoms with Crippen LogP contribution in [0, 0.1) is 13.8 Å². The van der Waals surface area contributed by atoms with Gasteiger partial charge in [-0.25, -0.2) is 0 Å². The highest BCUT2D eigenvalue weighted by Gasteiger charge is 2.34. The summed E-state index contributed by atoms with van der Waals surface area (Å²) >= 11 is 0. The number of likely N-dealkylation sites (N-methyl/N-ethyl adjacent to an activating group) is 1. The smallest absolute Gasteiger partial charge is 0.260 e. The van der Waals surface area contributed by atoms with Gasteiger partial charge in [0.15, 0.2) is 5.75 Å². The van der Waals surface area contributed by atoms with Crippen LogP contribution in [-0.4, -0.2) is 61.5 Å². The summed E-state index contributed by atoms with van der Waals surface area (Å²) in [6.07, 6.45) is 0.0723. The molecule has 38 heavy (non-hydrogen) atoms. The number of hydrogen-bond acceptors (Lipinski definition) is 5. The van der Waals surface area contributed by atoms with Crippen LogP contribution in [0.25, 0.3) is 11.1 Å². The molecule has 7 nitrogen and oxygen atoms in total. The Morgan fingerprint density at radius 2 is 1.66 bits per heavy atom. The highest BCUT2D eigenvalue weighted by atomic mass is 16.7. The molecule has 2 atom stereocenters. The van der Waals surface area contributed by atoms with Crippen LogP contribution in [0.2, 0.25) is 0 Å². The number of morpholine rings is 1. The van der Waals surface area contributed by atoms with E-state index in [-0.39, 0.29) is 24.3 Å². The summed E-state index contributed by atoms with van der Waals surface area (Å²) in [6, 6.07) is 22.4. The molecular formula is C31H35N3O4. The van der Waals surface area contributed by atoms with Gasteiger partial charge < -0.3 is 14.5 Å². The zero-order valence-corrected chi connectivity index (χ0v) is 22.3. The summed E-state index contributed by atoms with van der Waals surface area (Å²) in [6.45, 7) is 7.74. The number of rotatable bonds is 7. The maximum Gasteiger partial charge on any atom is 0.260 e. The molecular weight excluding hydrogens is 478 g/mol. The van der Waals surface area contributed by atoms with E-state index >= 15 is 0 Å². The third-order valence-corrected chi connectivity index (χ3v) is 7.76. The Balaban J connectivity index is 1.39. The number of amides is 2. The molecule has 0 spiro atoms. The lowest BCUT2D eigenvalue weighted by Crippen LogP contribution is -2.45. The van der Waals surface area contributed by atoms with Crippen LogP contribution in [0.15, 0.2) is 66.7 Å². The van der Waals surface area contributed by atoms with E-state index in [1.807, 2.05) is 51.2 Å². The van der Waals surface area contributed by atoms with Crippen LogP contribution in [0.5, 0.6) is 5.75 Å². The number of nitrogens with zero attached hydrogens (tertiary/aromatic N) is 2. The maximum atomic E-state index is 13.7. The summed E-state index contributed by atoms with van der Waals surface area (Å²) in [5.41, 5.74) is 8.75. The second-order valence-corrected chi connectivity index (χ2v) is 10.2. The third kappa shape index (κ3) is 5.59. The van der Waals surface area contributed by atoms with E-state index in [1.54, 1.807) is 4.90 Å². The van der Waals surface area contributed by atoms with Gasteiger partial charge in [-0.3, -0.25) is 14.5 Å². The van der Waals surface area contributed by atoms with Gasteiger partial charge in [-0.05, 0) is 47.7 Å². The molecule has 7 heteroatoms. The van der Waals surface area contributed by atoms with Gasteiger partial charge in [0.1, 0.15) is 0 Å². The average Bonchev–Trinajstić information content (AvgIpc) is 2.95. The van der Waals surface area contributed by atoms with Gasteiger partial charge in [0.25, 0.3) is 5.91 Å². The highest BCUT2D eigenvalue weighted by Crippen LogP contribution is 2.36. The predicted molar refractivity (Wildman–Crippen MR) is 147 cm³/mol. The summed E-state index contributed by atoms with van der Waals surface area (Å²) in [7, 11) is 1.84. The fourth-order valence-corrected chi connectivity index (χ4v) is 5.19. The Labute approximate surface area is 224 Å². The Kier molecular flexibility index (Phi) is 7.77. The van der Waals surface area contributed by atoms with Crippen molar-refractivity contribution in [2.24, 2.45) is 0 Å². The van der Waals surface area contributed by atoms with Gasteiger partial charge in [0, 0.05) is 38.7 Å². The van der Waals surface area contributed by atoms with Crippen LogP contribution in [0.3, 0.4) is 0 Å². The molecule has 0 saturated carbocycles. The molecule has 3 aromatic rings. The second-order valence-electron chi connectivity index (χ2n) is 10.2. The molecule has 1 N–H and O–H groups in total. The summed E-state index contributed by atoms with van der Waals surface area (Å²) in [5.74, 6) is -0.368. The molecule has 2 aliphatic heterocycles.